The average molecular weight is 334 g/mol. The van der Waals surface area contributed by atoms with Crippen molar-refractivity contribution in [3.05, 3.63) is 46.1 Å². The van der Waals surface area contributed by atoms with Crippen molar-refractivity contribution in [1.82, 2.24) is 20.4 Å². The van der Waals surface area contributed by atoms with Crippen LogP contribution in [0.1, 0.15) is 28.5 Å². The number of halogens is 1. The van der Waals surface area contributed by atoms with Crippen molar-refractivity contribution in [1.29, 1.82) is 0 Å². The van der Waals surface area contributed by atoms with E-state index >= 15 is 0 Å². The molecule has 120 valence electrons. The Morgan fingerprint density at radius 3 is 2.74 bits per heavy atom. The summed E-state index contributed by atoms with van der Waals surface area (Å²) < 4.78 is 0. The lowest BCUT2D eigenvalue weighted by atomic mass is 10.2. The average Bonchev–Trinajstić information content (AvgIpc) is 3.10. The monoisotopic (exact) mass is 333 g/mol. The number of amides is 3. The van der Waals surface area contributed by atoms with Gasteiger partial charge in [-0.05, 0) is 31.2 Å². The number of carbonyl (C=O) groups excluding carboxylic acids is 2. The molecule has 0 bridgehead atoms. The number of nitrogens with zero attached hydrogens (tertiary/aromatic N) is 2. The van der Waals surface area contributed by atoms with E-state index in [-0.39, 0.29) is 11.9 Å². The van der Waals surface area contributed by atoms with Crippen LogP contribution < -0.4 is 10.6 Å². The van der Waals surface area contributed by atoms with E-state index in [0.717, 1.165) is 11.3 Å². The summed E-state index contributed by atoms with van der Waals surface area (Å²) in [5.74, 6) is 0.180. The van der Waals surface area contributed by atoms with Gasteiger partial charge in [-0.1, -0.05) is 11.6 Å². The Bertz CT molecular complexity index is 741. The van der Waals surface area contributed by atoms with Crippen molar-refractivity contribution in [2.45, 2.75) is 20.0 Å². The second-order valence-corrected chi connectivity index (χ2v) is 5.62. The Balaban J connectivity index is 1.71. The fourth-order valence-corrected chi connectivity index (χ4v) is 2.56. The standard InChI is InChI=1S/C15H16ClN5O2/c1-2-17-15(23)21-7-11-12(8-21)19-20-13(11)18-14(22)9-3-5-10(16)6-4-9/h3-6H,2,7-8H2,1H3,(H,17,23)(H2,18,19,20,22). The Labute approximate surface area is 138 Å². The van der Waals surface area contributed by atoms with Crippen LogP contribution in [0.2, 0.25) is 5.02 Å². The van der Waals surface area contributed by atoms with Gasteiger partial charge >= 0.3 is 6.03 Å². The van der Waals surface area contributed by atoms with Gasteiger partial charge in [-0.2, -0.15) is 5.10 Å². The first-order chi connectivity index (χ1) is 11.1. The number of hydrogen-bond acceptors (Lipinski definition) is 3. The largest absolute Gasteiger partial charge is 0.338 e. The minimum absolute atomic E-state index is 0.132. The number of urea groups is 1. The highest BCUT2D eigenvalue weighted by atomic mass is 35.5. The minimum atomic E-state index is -0.271. The number of nitrogens with one attached hydrogen (secondary N) is 3. The lowest BCUT2D eigenvalue weighted by Crippen LogP contribution is -2.36. The molecular weight excluding hydrogens is 318 g/mol. The van der Waals surface area contributed by atoms with Gasteiger partial charge in [0.25, 0.3) is 5.91 Å². The molecule has 0 spiro atoms. The molecule has 7 nitrogen and oxygen atoms in total. The van der Waals surface area contributed by atoms with Crippen molar-refractivity contribution in [2.75, 3.05) is 11.9 Å². The molecule has 0 saturated carbocycles. The lowest BCUT2D eigenvalue weighted by molar-refractivity contribution is 0.102. The predicted molar refractivity (Wildman–Crippen MR) is 86.3 cm³/mol. The molecular formula is C15H16ClN5O2. The third-order valence-electron chi connectivity index (χ3n) is 3.60. The Morgan fingerprint density at radius 1 is 1.30 bits per heavy atom. The molecule has 1 aliphatic rings. The van der Waals surface area contributed by atoms with E-state index in [1.165, 1.54) is 0 Å². The highest BCUT2D eigenvalue weighted by Crippen LogP contribution is 2.27. The molecule has 3 N–H and O–H groups in total. The normalized spacial score (nSPS) is 12.9. The van der Waals surface area contributed by atoms with Gasteiger partial charge in [0, 0.05) is 22.7 Å². The van der Waals surface area contributed by atoms with Gasteiger partial charge in [0.15, 0.2) is 5.82 Å². The van der Waals surface area contributed by atoms with Gasteiger partial charge in [-0.15, -0.1) is 0 Å². The van der Waals surface area contributed by atoms with Crippen molar-refractivity contribution >= 4 is 29.4 Å². The zero-order valence-electron chi connectivity index (χ0n) is 12.5. The molecule has 1 aliphatic heterocycles. The highest BCUT2D eigenvalue weighted by Gasteiger charge is 2.28. The maximum atomic E-state index is 12.2. The van der Waals surface area contributed by atoms with Crippen molar-refractivity contribution in [2.24, 2.45) is 0 Å². The van der Waals surface area contributed by atoms with Gasteiger partial charge in [-0.3, -0.25) is 9.89 Å². The summed E-state index contributed by atoms with van der Waals surface area (Å²) >= 11 is 5.81. The maximum absolute atomic E-state index is 12.2. The van der Waals surface area contributed by atoms with Crippen LogP contribution in [0.5, 0.6) is 0 Å². The number of hydrogen-bond donors (Lipinski definition) is 3. The molecule has 0 fully saturated rings. The topological polar surface area (TPSA) is 90.1 Å². The summed E-state index contributed by atoms with van der Waals surface area (Å²) in [7, 11) is 0. The summed E-state index contributed by atoms with van der Waals surface area (Å²) in [6, 6.07) is 6.47. The van der Waals surface area contributed by atoms with E-state index in [4.69, 9.17) is 11.6 Å². The van der Waals surface area contributed by atoms with Crippen molar-refractivity contribution in [3.63, 3.8) is 0 Å². The number of anilines is 1. The van der Waals surface area contributed by atoms with Gasteiger partial charge in [0.2, 0.25) is 0 Å². The molecule has 2 heterocycles. The number of aromatic amines is 1. The molecule has 1 aromatic carbocycles. The van der Waals surface area contributed by atoms with Crippen LogP contribution in [0, 0.1) is 0 Å². The van der Waals surface area contributed by atoms with E-state index in [0.29, 0.717) is 36.0 Å². The number of carbonyl (C=O) groups is 2. The molecule has 0 unspecified atom stereocenters. The smallest absolute Gasteiger partial charge is 0.318 e. The quantitative estimate of drug-likeness (QED) is 0.805. The number of aromatic nitrogens is 2. The van der Waals surface area contributed by atoms with Crippen LogP contribution in [-0.4, -0.2) is 33.6 Å². The van der Waals surface area contributed by atoms with E-state index in [9.17, 15) is 9.59 Å². The highest BCUT2D eigenvalue weighted by molar-refractivity contribution is 6.30. The third-order valence-corrected chi connectivity index (χ3v) is 3.86. The van der Waals surface area contributed by atoms with E-state index in [1.807, 2.05) is 6.92 Å². The summed E-state index contributed by atoms with van der Waals surface area (Å²) in [4.78, 5) is 25.8. The molecule has 23 heavy (non-hydrogen) atoms. The molecule has 0 atom stereocenters. The van der Waals surface area contributed by atoms with Crippen LogP contribution in [0.4, 0.5) is 10.6 Å². The van der Waals surface area contributed by atoms with Crippen LogP contribution in [0.25, 0.3) is 0 Å². The maximum Gasteiger partial charge on any atom is 0.318 e. The third kappa shape index (κ3) is 3.14. The first-order valence-corrected chi connectivity index (χ1v) is 7.62. The number of H-pyrrole nitrogens is 1. The number of rotatable bonds is 3. The second-order valence-electron chi connectivity index (χ2n) is 5.18. The zero-order valence-corrected chi connectivity index (χ0v) is 13.3. The molecule has 0 saturated heterocycles. The fraction of sp³-hybridized carbons (Fsp3) is 0.267. The van der Waals surface area contributed by atoms with Gasteiger partial charge in [0.05, 0.1) is 18.8 Å². The van der Waals surface area contributed by atoms with Gasteiger partial charge in [-0.25, -0.2) is 4.79 Å². The number of benzene rings is 1. The predicted octanol–water partition coefficient (Wildman–Crippen LogP) is 2.36. The Hall–Kier alpha value is -2.54. The molecule has 0 radical (unpaired) electrons. The van der Waals surface area contributed by atoms with Gasteiger partial charge < -0.3 is 15.5 Å². The first-order valence-electron chi connectivity index (χ1n) is 7.24. The minimum Gasteiger partial charge on any atom is -0.338 e. The van der Waals surface area contributed by atoms with Crippen molar-refractivity contribution in [3.8, 4) is 0 Å². The summed E-state index contributed by atoms with van der Waals surface area (Å²) in [5.41, 5.74) is 2.16. The first kappa shape index (κ1) is 15.4. The zero-order chi connectivity index (χ0) is 16.4. The molecule has 0 aliphatic carbocycles. The SMILES string of the molecule is CCNC(=O)N1Cc2[nH]nc(NC(=O)c3ccc(Cl)cc3)c2C1. The van der Waals surface area contributed by atoms with Crippen LogP contribution in [0.15, 0.2) is 24.3 Å². The van der Waals surface area contributed by atoms with Crippen LogP contribution in [-0.2, 0) is 13.1 Å². The molecule has 3 rings (SSSR count). The van der Waals surface area contributed by atoms with Crippen LogP contribution >= 0.6 is 11.6 Å². The molecule has 3 amide bonds. The van der Waals surface area contributed by atoms with Crippen molar-refractivity contribution < 1.29 is 9.59 Å². The molecule has 8 heteroatoms. The van der Waals surface area contributed by atoms with Gasteiger partial charge in [0.1, 0.15) is 0 Å². The van der Waals surface area contributed by atoms with E-state index < -0.39 is 0 Å². The second kappa shape index (κ2) is 6.29. The molecule has 2 aromatic rings. The Kier molecular flexibility index (Phi) is 4.20. The van der Waals surface area contributed by atoms with E-state index in [1.54, 1.807) is 29.2 Å². The fourth-order valence-electron chi connectivity index (χ4n) is 2.43. The summed E-state index contributed by atoms with van der Waals surface area (Å²) in [5, 5.41) is 13.1. The van der Waals surface area contributed by atoms with E-state index in [2.05, 4.69) is 20.8 Å². The van der Waals surface area contributed by atoms with Crippen LogP contribution in [0.3, 0.4) is 0 Å². The number of fused-ring (bicyclic) bond motifs is 1. The lowest BCUT2D eigenvalue weighted by Gasteiger charge is -2.15. The summed E-state index contributed by atoms with van der Waals surface area (Å²) in [6.45, 7) is 3.30. The Morgan fingerprint density at radius 2 is 2.04 bits per heavy atom. The molecule has 1 aromatic heterocycles. The summed E-state index contributed by atoms with van der Waals surface area (Å²) in [6.07, 6.45) is 0.